The number of thiazole rings is 1. The molecular formula is C20H17FN4OS. The van der Waals surface area contributed by atoms with E-state index in [1.807, 2.05) is 41.3 Å². The van der Waals surface area contributed by atoms with Crippen LogP contribution in [0, 0.1) is 5.95 Å². The first kappa shape index (κ1) is 16.4. The van der Waals surface area contributed by atoms with Crippen molar-refractivity contribution in [3.63, 3.8) is 0 Å². The summed E-state index contributed by atoms with van der Waals surface area (Å²) in [7, 11) is 0. The van der Waals surface area contributed by atoms with Crippen molar-refractivity contribution in [2.24, 2.45) is 0 Å². The Morgan fingerprint density at radius 2 is 2.04 bits per heavy atom. The first-order chi connectivity index (χ1) is 13.2. The Labute approximate surface area is 159 Å². The topological polar surface area (TPSA) is 58.1 Å². The summed E-state index contributed by atoms with van der Waals surface area (Å²) in [5.41, 5.74) is 2.58. The van der Waals surface area contributed by atoms with Gasteiger partial charge in [0, 0.05) is 23.4 Å². The number of hydrogen-bond donors (Lipinski definition) is 1. The van der Waals surface area contributed by atoms with E-state index in [1.165, 1.54) is 17.5 Å². The predicted octanol–water partition coefficient (Wildman–Crippen LogP) is 4.64. The van der Waals surface area contributed by atoms with Gasteiger partial charge >= 0.3 is 6.03 Å². The lowest BCUT2D eigenvalue weighted by atomic mass is 9.95. The molecule has 2 aliphatic heterocycles. The summed E-state index contributed by atoms with van der Waals surface area (Å²) >= 11 is 1.45. The molecule has 4 heterocycles. The number of pyridine rings is 1. The Morgan fingerprint density at radius 3 is 2.89 bits per heavy atom. The number of amides is 2. The van der Waals surface area contributed by atoms with Crippen molar-refractivity contribution < 1.29 is 9.18 Å². The van der Waals surface area contributed by atoms with Crippen molar-refractivity contribution in [3.05, 3.63) is 65.9 Å². The van der Waals surface area contributed by atoms with Crippen molar-refractivity contribution in [1.29, 1.82) is 0 Å². The maximum atomic E-state index is 14.0. The highest BCUT2D eigenvalue weighted by Crippen LogP contribution is 2.44. The number of urea groups is 1. The van der Waals surface area contributed by atoms with E-state index >= 15 is 0 Å². The molecule has 2 aliphatic rings. The number of nitrogens with zero attached hydrogens (tertiary/aromatic N) is 3. The molecule has 2 aromatic heterocycles. The number of carbonyl (C=O) groups excluding carboxylic acids is 1. The summed E-state index contributed by atoms with van der Waals surface area (Å²) in [5, 5.41) is 4.56. The lowest BCUT2D eigenvalue weighted by Gasteiger charge is -2.36. The molecule has 0 saturated carbocycles. The number of aromatic nitrogens is 2. The predicted molar refractivity (Wildman–Crippen MR) is 102 cm³/mol. The molecule has 1 N–H and O–H groups in total. The number of rotatable bonds is 2. The summed E-state index contributed by atoms with van der Waals surface area (Å²) in [6, 6.07) is 11.5. The quantitative estimate of drug-likeness (QED) is 0.659. The Hall–Kier alpha value is -2.80. The average molecular weight is 380 g/mol. The fourth-order valence-corrected chi connectivity index (χ4v) is 4.95. The van der Waals surface area contributed by atoms with Gasteiger partial charge < -0.3 is 4.90 Å². The van der Waals surface area contributed by atoms with Crippen molar-refractivity contribution >= 4 is 22.4 Å². The zero-order valence-electron chi connectivity index (χ0n) is 14.4. The number of carbonyl (C=O) groups is 1. The Morgan fingerprint density at radius 1 is 1.19 bits per heavy atom. The van der Waals surface area contributed by atoms with E-state index in [-0.39, 0.29) is 18.1 Å². The lowest BCUT2D eigenvalue weighted by Crippen LogP contribution is -2.44. The minimum Gasteiger partial charge on any atom is -0.314 e. The molecule has 2 unspecified atom stereocenters. The summed E-state index contributed by atoms with van der Waals surface area (Å²) in [6.07, 6.45) is 5.43. The molecular weight excluding hydrogens is 363 g/mol. The summed E-state index contributed by atoms with van der Waals surface area (Å²) in [4.78, 5) is 23.0. The van der Waals surface area contributed by atoms with Crippen LogP contribution in [0.5, 0.6) is 0 Å². The van der Waals surface area contributed by atoms with E-state index in [9.17, 15) is 9.18 Å². The fraction of sp³-hybridized carbons (Fsp3) is 0.250. The van der Waals surface area contributed by atoms with Gasteiger partial charge in [0.1, 0.15) is 10.0 Å². The van der Waals surface area contributed by atoms with Crippen molar-refractivity contribution in [1.82, 2.24) is 14.9 Å². The van der Waals surface area contributed by atoms with E-state index in [0.29, 0.717) is 17.0 Å². The molecule has 3 aromatic rings. The van der Waals surface area contributed by atoms with Gasteiger partial charge in [-0.1, -0.05) is 41.7 Å². The van der Waals surface area contributed by atoms with Crippen LogP contribution in [-0.2, 0) is 6.42 Å². The number of anilines is 1. The molecule has 7 heteroatoms. The normalized spacial score (nSPS) is 20.4. The molecule has 5 rings (SSSR count). The van der Waals surface area contributed by atoms with E-state index in [2.05, 4.69) is 15.3 Å². The highest BCUT2D eigenvalue weighted by Gasteiger charge is 2.43. The summed E-state index contributed by atoms with van der Waals surface area (Å²) in [5.74, 6) is -0.403. The summed E-state index contributed by atoms with van der Waals surface area (Å²) in [6.45, 7) is 0. The van der Waals surface area contributed by atoms with Gasteiger partial charge in [0.05, 0.1) is 12.2 Å². The van der Waals surface area contributed by atoms with Gasteiger partial charge in [-0.25, -0.2) is 14.8 Å². The van der Waals surface area contributed by atoms with E-state index in [1.54, 1.807) is 6.20 Å². The standard InChI is InChI=1S/C20H17FN4OS/c21-18-15-10-13-6-7-16(14(15)8-9-22-18)25(13)20(26)24-17-11-23-19(27-17)12-4-2-1-3-5-12/h1-5,8-9,11,13,16H,6-7,10H2,(H,24,26). The monoisotopic (exact) mass is 380 g/mol. The van der Waals surface area contributed by atoms with Crippen molar-refractivity contribution in [2.45, 2.75) is 31.3 Å². The second-order valence-corrected chi connectivity index (χ2v) is 7.88. The molecule has 0 aliphatic carbocycles. The van der Waals surface area contributed by atoms with Gasteiger partial charge in [0.15, 0.2) is 0 Å². The third-order valence-electron chi connectivity index (χ3n) is 5.33. The van der Waals surface area contributed by atoms with Crippen LogP contribution in [-0.4, -0.2) is 26.9 Å². The first-order valence-corrected chi connectivity index (χ1v) is 9.76. The van der Waals surface area contributed by atoms with Gasteiger partial charge in [0.25, 0.3) is 0 Å². The van der Waals surface area contributed by atoms with Crippen LogP contribution in [0.4, 0.5) is 14.2 Å². The highest BCUT2D eigenvalue weighted by atomic mass is 32.1. The number of nitrogens with one attached hydrogen (secondary N) is 1. The molecule has 136 valence electrons. The van der Waals surface area contributed by atoms with E-state index < -0.39 is 5.95 Å². The van der Waals surface area contributed by atoms with Gasteiger partial charge in [-0.3, -0.25) is 5.32 Å². The number of fused-ring (bicyclic) bond motifs is 4. The van der Waals surface area contributed by atoms with Gasteiger partial charge in [-0.2, -0.15) is 4.39 Å². The Balaban J connectivity index is 1.37. The zero-order valence-corrected chi connectivity index (χ0v) is 15.2. The molecule has 5 nitrogen and oxygen atoms in total. The largest absolute Gasteiger partial charge is 0.323 e. The minimum atomic E-state index is -0.403. The van der Waals surface area contributed by atoms with Crippen LogP contribution in [0.15, 0.2) is 48.8 Å². The molecule has 2 amide bonds. The lowest BCUT2D eigenvalue weighted by molar-refractivity contribution is 0.178. The van der Waals surface area contributed by atoms with Gasteiger partial charge in [-0.05, 0) is 30.9 Å². The fourth-order valence-electron chi connectivity index (χ4n) is 4.14. The van der Waals surface area contributed by atoms with Crippen molar-refractivity contribution in [3.8, 4) is 10.6 Å². The highest BCUT2D eigenvalue weighted by molar-refractivity contribution is 7.19. The number of hydrogen-bond acceptors (Lipinski definition) is 4. The molecule has 1 fully saturated rings. The van der Waals surface area contributed by atoms with Crippen LogP contribution in [0.1, 0.15) is 30.0 Å². The smallest absolute Gasteiger partial charge is 0.314 e. The first-order valence-electron chi connectivity index (χ1n) is 8.94. The molecule has 27 heavy (non-hydrogen) atoms. The minimum absolute atomic E-state index is 0.0164. The third-order valence-corrected chi connectivity index (χ3v) is 6.29. The zero-order chi connectivity index (χ0) is 18.4. The molecule has 1 saturated heterocycles. The van der Waals surface area contributed by atoms with Crippen molar-refractivity contribution in [2.75, 3.05) is 5.32 Å². The second kappa shape index (κ2) is 6.42. The number of benzene rings is 1. The van der Waals surface area contributed by atoms with Gasteiger partial charge in [0.2, 0.25) is 5.95 Å². The summed E-state index contributed by atoms with van der Waals surface area (Å²) < 4.78 is 14.0. The van der Waals surface area contributed by atoms with Crippen LogP contribution in [0.25, 0.3) is 10.6 Å². The second-order valence-electron chi connectivity index (χ2n) is 6.85. The molecule has 0 radical (unpaired) electrons. The molecule has 2 atom stereocenters. The van der Waals surface area contributed by atoms with E-state index in [0.717, 1.165) is 29.0 Å². The van der Waals surface area contributed by atoms with Crippen LogP contribution in [0.3, 0.4) is 0 Å². The Bertz CT molecular complexity index is 1010. The van der Waals surface area contributed by atoms with E-state index in [4.69, 9.17) is 0 Å². The molecule has 1 aromatic carbocycles. The third kappa shape index (κ3) is 2.78. The van der Waals surface area contributed by atoms with Crippen LogP contribution in [0.2, 0.25) is 0 Å². The maximum absolute atomic E-state index is 14.0. The Kier molecular flexibility index (Phi) is 3.89. The molecule has 2 bridgehead atoms. The SMILES string of the molecule is O=C(Nc1cnc(-c2ccccc2)s1)N1C2CCC1c1ccnc(F)c1C2. The number of halogens is 1. The van der Waals surface area contributed by atoms with Gasteiger partial charge in [-0.15, -0.1) is 0 Å². The van der Waals surface area contributed by atoms with Crippen LogP contribution >= 0.6 is 11.3 Å². The average Bonchev–Trinajstić information content (AvgIpc) is 3.27. The van der Waals surface area contributed by atoms with Crippen LogP contribution < -0.4 is 5.32 Å². The molecule has 0 spiro atoms. The maximum Gasteiger partial charge on any atom is 0.323 e.